The van der Waals surface area contributed by atoms with Gasteiger partial charge in [0.1, 0.15) is 6.04 Å². The third-order valence-corrected chi connectivity index (χ3v) is 3.92. The second kappa shape index (κ2) is 4.95. The summed E-state index contributed by atoms with van der Waals surface area (Å²) in [6, 6.07) is 8.22. The molecule has 4 nitrogen and oxygen atoms in total. The van der Waals surface area contributed by atoms with E-state index in [0.29, 0.717) is 5.56 Å². The van der Waals surface area contributed by atoms with Gasteiger partial charge in [-0.25, -0.2) is 8.42 Å². The number of hydrogen-bond donors (Lipinski definition) is 0. The number of rotatable bonds is 3. The lowest BCUT2D eigenvalue weighted by Crippen LogP contribution is -2.29. The molecular weight excluding hydrogens is 292 g/mol. The van der Waals surface area contributed by atoms with Gasteiger partial charge in [0.15, 0.2) is 0 Å². The van der Waals surface area contributed by atoms with Crippen LogP contribution in [0.4, 0.5) is 0 Å². The fraction of sp³-hybridized carbons (Fsp3) is 0.300. The molecule has 0 aliphatic heterocycles. The molecule has 0 heterocycles. The van der Waals surface area contributed by atoms with Crippen molar-refractivity contribution in [3.05, 3.63) is 34.3 Å². The Bertz CT molecular complexity index is 522. The first-order valence-corrected chi connectivity index (χ1v) is 7.08. The summed E-state index contributed by atoms with van der Waals surface area (Å²) >= 11 is 3.28. The molecule has 86 valence electrons. The minimum atomic E-state index is -3.38. The van der Waals surface area contributed by atoms with Gasteiger partial charge in [0.25, 0.3) is 0 Å². The molecule has 0 aromatic heterocycles. The molecule has 1 aromatic carbocycles. The molecule has 0 saturated heterocycles. The average molecular weight is 303 g/mol. The maximum atomic E-state index is 11.4. The number of hydrogen-bond acceptors (Lipinski definition) is 3. The Morgan fingerprint density at radius 3 is 2.56 bits per heavy atom. The van der Waals surface area contributed by atoms with E-state index in [1.165, 1.54) is 7.05 Å². The van der Waals surface area contributed by atoms with Gasteiger partial charge in [-0.2, -0.15) is 9.57 Å². The highest BCUT2D eigenvalue weighted by molar-refractivity contribution is 9.10. The summed E-state index contributed by atoms with van der Waals surface area (Å²) in [6.45, 7) is 0. The highest BCUT2D eigenvalue weighted by Gasteiger charge is 2.23. The van der Waals surface area contributed by atoms with Crippen molar-refractivity contribution in [2.75, 3.05) is 13.3 Å². The Balaban J connectivity index is 3.15. The summed E-state index contributed by atoms with van der Waals surface area (Å²) in [5, 5.41) is 9.03. The molecule has 16 heavy (non-hydrogen) atoms. The van der Waals surface area contributed by atoms with E-state index in [9.17, 15) is 8.42 Å². The lowest BCUT2D eigenvalue weighted by Gasteiger charge is -2.20. The smallest absolute Gasteiger partial charge is 0.212 e. The van der Waals surface area contributed by atoms with E-state index in [4.69, 9.17) is 5.26 Å². The van der Waals surface area contributed by atoms with Crippen molar-refractivity contribution in [3.63, 3.8) is 0 Å². The third-order valence-electron chi connectivity index (χ3n) is 2.17. The quantitative estimate of drug-likeness (QED) is 0.857. The molecule has 0 bridgehead atoms. The Morgan fingerprint density at radius 1 is 1.50 bits per heavy atom. The molecule has 0 amide bonds. The van der Waals surface area contributed by atoms with Crippen molar-refractivity contribution in [2.24, 2.45) is 0 Å². The largest absolute Gasteiger partial charge is 0.212 e. The summed E-state index contributed by atoms with van der Waals surface area (Å²) in [6.07, 6.45) is 1.08. The predicted molar refractivity (Wildman–Crippen MR) is 65.1 cm³/mol. The lowest BCUT2D eigenvalue weighted by atomic mass is 10.1. The van der Waals surface area contributed by atoms with Gasteiger partial charge >= 0.3 is 0 Å². The van der Waals surface area contributed by atoms with E-state index in [-0.39, 0.29) is 0 Å². The maximum Gasteiger partial charge on any atom is 0.212 e. The van der Waals surface area contributed by atoms with Gasteiger partial charge in [-0.05, 0) is 17.7 Å². The third kappa shape index (κ3) is 3.04. The SMILES string of the molecule is CN(C(C#N)c1cccc(Br)c1)S(C)(=O)=O. The number of nitrogens with zero attached hydrogens (tertiary/aromatic N) is 2. The highest BCUT2D eigenvalue weighted by atomic mass is 79.9. The topological polar surface area (TPSA) is 61.2 Å². The number of benzene rings is 1. The van der Waals surface area contributed by atoms with Gasteiger partial charge in [-0.1, -0.05) is 28.1 Å². The molecule has 6 heteroatoms. The summed E-state index contributed by atoms with van der Waals surface area (Å²) in [7, 11) is -1.99. The zero-order valence-corrected chi connectivity index (χ0v) is 11.3. The highest BCUT2D eigenvalue weighted by Crippen LogP contribution is 2.23. The van der Waals surface area contributed by atoms with Gasteiger partial charge in [0, 0.05) is 11.5 Å². The van der Waals surface area contributed by atoms with Crippen LogP contribution in [0.15, 0.2) is 28.7 Å². The second-order valence-electron chi connectivity index (χ2n) is 3.37. The molecule has 1 rings (SSSR count). The molecule has 1 aromatic rings. The molecule has 0 N–H and O–H groups in total. The molecule has 0 aliphatic carbocycles. The predicted octanol–water partition coefficient (Wildman–Crippen LogP) is 1.91. The van der Waals surface area contributed by atoms with Crippen LogP contribution in [0.3, 0.4) is 0 Å². The standard InChI is InChI=1S/C10H11BrN2O2S/c1-13(16(2,14)15)10(7-12)8-4-3-5-9(11)6-8/h3-6,10H,1-2H3. The van der Waals surface area contributed by atoms with Crippen LogP contribution in [0.1, 0.15) is 11.6 Å². The molecule has 1 unspecified atom stereocenters. The summed E-state index contributed by atoms with van der Waals surface area (Å²) in [5.74, 6) is 0. The summed E-state index contributed by atoms with van der Waals surface area (Å²) < 4.78 is 24.6. The van der Waals surface area contributed by atoms with E-state index in [2.05, 4.69) is 15.9 Å². The number of sulfonamides is 1. The van der Waals surface area contributed by atoms with Crippen LogP contribution in [0.25, 0.3) is 0 Å². The summed E-state index contributed by atoms with van der Waals surface area (Å²) in [4.78, 5) is 0. The lowest BCUT2D eigenvalue weighted by molar-refractivity contribution is 0.436. The molecule has 0 radical (unpaired) electrons. The van der Waals surface area contributed by atoms with Gasteiger partial charge in [-0.3, -0.25) is 0 Å². The first-order chi connectivity index (χ1) is 7.36. The second-order valence-corrected chi connectivity index (χ2v) is 6.32. The van der Waals surface area contributed by atoms with Crippen LogP contribution in [0.2, 0.25) is 0 Å². The monoisotopic (exact) mass is 302 g/mol. The maximum absolute atomic E-state index is 11.4. The fourth-order valence-electron chi connectivity index (χ4n) is 1.23. The van der Waals surface area contributed by atoms with Gasteiger partial charge < -0.3 is 0 Å². The number of nitriles is 1. The van der Waals surface area contributed by atoms with E-state index in [0.717, 1.165) is 15.0 Å². The van der Waals surface area contributed by atoms with Crippen LogP contribution in [-0.2, 0) is 10.0 Å². The molecule has 0 saturated carbocycles. The summed E-state index contributed by atoms with van der Waals surface area (Å²) in [5.41, 5.74) is 0.643. The minimum Gasteiger partial charge on any atom is -0.212 e. The van der Waals surface area contributed by atoms with Crippen molar-refractivity contribution in [2.45, 2.75) is 6.04 Å². The first kappa shape index (κ1) is 13.2. The number of halogens is 1. The fourth-order valence-corrected chi connectivity index (χ4v) is 2.20. The zero-order chi connectivity index (χ0) is 12.3. The van der Waals surface area contributed by atoms with Crippen molar-refractivity contribution >= 4 is 26.0 Å². The van der Waals surface area contributed by atoms with Crippen LogP contribution < -0.4 is 0 Å². The van der Waals surface area contributed by atoms with E-state index in [1.807, 2.05) is 12.1 Å². The molecule has 0 aliphatic rings. The molecule has 1 atom stereocenters. The molecule has 0 spiro atoms. The van der Waals surface area contributed by atoms with E-state index in [1.54, 1.807) is 18.2 Å². The van der Waals surface area contributed by atoms with Crippen molar-refractivity contribution < 1.29 is 8.42 Å². The van der Waals surface area contributed by atoms with Crippen LogP contribution in [0.5, 0.6) is 0 Å². The molecular formula is C10H11BrN2O2S. The average Bonchev–Trinajstić information content (AvgIpc) is 2.17. The van der Waals surface area contributed by atoms with Crippen LogP contribution in [-0.4, -0.2) is 26.0 Å². The normalized spacial score (nSPS) is 13.4. The zero-order valence-electron chi connectivity index (χ0n) is 8.88. The van der Waals surface area contributed by atoms with Crippen LogP contribution in [0, 0.1) is 11.3 Å². The van der Waals surface area contributed by atoms with E-state index >= 15 is 0 Å². The van der Waals surface area contributed by atoms with Crippen molar-refractivity contribution in [1.29, 1.82) is 5.26 Å². The van der Waals surface area contributed by atoms with Gasteiger partial charge in [0.05, 0.1) is 12.3 Å². The van der Waals surface area contributed by atoms with E-state index < -0.39 is 16.1 Å². The molecule has 0 fully saturated rings. The Kier molecular flexibility index (Phi) is 4.08. The van der Waals surface area contributed by atoms with Crippen LogP contribution >= 0.6 is 15.9 Å². The van der Waals surface area contributed by atoms with Gasteiger partial charge in [-0.15, -0.1) is 0 Å². The Labute approximate surface area is 104 Å². The Morgan fingerprint density at radius 2 is 2.12 bits per heavy atom. The van der Waals surface area contributed by atoms with Gasteiger partial charge in [0.2, 0.25) is 10.0 Å². The first-order valence-electron chi connectivity index (χ1n) is 4.44. The van der Waals surface area contributed by atoms with Crippen molar-refractivity contribution in [1.82, 2.24) is 4.31 Å². The van der Waals surface area contributed by atoms with Crippen molar-refractivity contribution in [3.8, 4) is 6.07 Å². The minimum absolute atomic E-state index is 0.643. The Hall–Kier alpha value is -0.900.